The average molecular weight is 348 g/mol. The van der Waals surface area contributed by atoms with E-state index in [1.54, 1.807) is 18.2 Å². The molecule has 2 amide bonds. The van der Waals surface area contributed by atoms with Gasteiger partial charge in [-0.25, -0.2) is 0 Å². The van der Waals surface area contributed by atoms with Crippen molar-refractivity contribution in [1.29, 1.82) is 0 Å². The van der Waals surface area contributed by atoms with Crippen molar-refractivity contribution in [1.82, 2.24) is 5.32 Å². The van der Waals surface area contributed by atoms with Gasteiger partial charge in [0.05, 0.1) is 3.57 Å². The summed E-state index contributed by atoms with van der Waals surface area (Å²) in [6.45, 7) is 1.33. The highest BCUT2D eigenvalue weighted by molar-refractivity contribution is 14.1. The van der Waals surface area contributed by atoms with Crippen LogP contribution in [-0.2, 0) is 16.0 Å². The number of carbonyl (C=O) groups excluding carboxylic acids is 2. The molecule has 0 spiro atoms. The number of rotatable bonds is 4. The van der Waals surface area contributed by atoms with Crippen molar-refractivity contribution in [3.63, 3.8) is 0 Å². The zero-order valence-corrected chi connectivity index (χ0v) is 11.4. The fourth-order valence-corrected chi connectivity index (χ4v) is 1.96. The van der Waals surface area contributed by atoms with Crippen LogP contribution in [0.3, 0.4) is 0 Å². The van der Waals surface area contributed by atoms with Crippen LogP contribution in [0.25, 0.3) is 0 Å². The number of hydrogen-bond donors (Lipinski definition) is 3. The topological polar surface area (TPSA) is 92.4 Å². The lowest BCUT2D eigenvalue weighted by atomic mass is 10.1. The second-order valence-corrected chi connectivity index (χ2v) is 4.81. The molecule has 0 heterocycles. The first-order valence-corrected chi connectivity index (χ1v) is 6.02. The number of aromatic hydroxyl groups is 1. The summed E-state index contributed by atoms with van der Waals surface area (Å²) in [5.74, 6) is -0.699. The summed E-state index contributed by atoms with van der Waals surface area (Å²) in [6, 6.07) is 4.25. The van der Waals surface area contributed by atoms with Gasteiger partial charge >= 0.3 is 0 Å². The van der Waals surface area contributed by atoms with Gasteiger partial charge in [-0.2, -0.15) is 0 Å². The van der Waals surface area contributed by atoms with E-state index in [2.05, 4.69) is 5.32 Å². The van der Waals surface area contributed by atoms with E-state index < -0.39 is 11.9 Å². The van der Waals surface area contributed by atoms with Crippen molar-refractivity contribution in [2.75, 3.05) is 0 Å². The molecular formula is C11H13IN2O3. The first-order valence-electron chi connectivity index (χ1n) is 4.94. The molecule has 5 nitrogen and oxygen atoms in total. The Kier molecular flexibility index (Phi) is 4.73. The van der Waals surface area contributed by atoms with E-state index in [1.165, 1.54) is 6.92 Å². The molecule has 92 valence electrons. The number of nitrogens with one attached hydrogen (secondary N) is 1. The van der Waals surface area contributed by atoms with Crippen LogP contribution in [0, 0.1) is 3.57 Å². The standard InChI is InChI=1S/C11H13IN2O3/c1-6(15)14-9(11(13)17)5-7-2-3-10(16)8(12)4-7/h2-4,9,16H,5H2,1H3,(H2,13,17)(H,14,15)/t9-/m1/s1. The summed E-state index contributed by atoms with van der Waals surface area (Å²) in [5, 5.41) is 11.8. The van der Waals surface area contributed by atoms with E-state index >= 15 is 0 Å². The lowest BCUT2D eigenvalue weighted by Gasteiger charge is -2.14. The van der Waals surface area contributed by atoms with Crippen LogP contribution in [0.15, 0.2) is 18.2 Å². The zero-order valence-electron chi connectivity index (χ0n) is 9.24. The fraction of sp³-hybridized carbons (Fsp3) is 0.273. The number of benzene rings is 1. The van der Waals surface area contributed by atoms with E-state index in [1.807, 2.05) is 22.6 Å². The molecule has 0 aliphatic rings. The number of halogens is 1. The van der Waals surface area contributed by atoms with Gasteiger partial charge in [0.1, 0.15) is 11.8 Å². The smallest absolute Gasteiger partial charge is 0.240 e. The largest absolute Gasteiger partial charge is 0.507 e. The summed E-state index contributed by atoms with van der Waals surface area (Å²) in [6.07, 6.45) is 0.311. The van der Waals surface area contributed by atoms with Gasteiger partial charge in [0.15, 0.2) is 0 Å². The maximum Gasteiger partial charge on any atom is 0.240 e. The Morgan fingerprint density at radius 3 is 2.65 bits per heavy atom. The second kappa shape index (κ2) is 5.85. The second-order valence-electron chi connectivity index (χ2n) is 3.65. The number of primary amides is 1. The highest BCUT2D eigenvalue weighted by atomic mass is 127. The molecule has 1 rings (SSSR count). The molecule has 0 aromatic heterocycles. The minimum absolute atomic E-state index is 0.185. The molecule has 0 aliphatic heterocycles. The van der Waals surface area contributed by atoms with Crippen LogP contribution in [-0.4, -0.2) is 23.0 Å². The third-order valence-corrected chi connectivity index (χ3v) is 3.04. The lowest BCUT2D eigenvalue weighted by molar-refractivity contribution is -0.126. The van der Waals surface area contributed by atoms with Crippen molar-refractivity contribution in [3.8, 4) is 5.75 Å². The number of carbonyl (C=O) groups is 2. The highest BCUT2D eigenvalue weighted by Crippen LogP contribution is 2.20. The van der Waals surface area contributed by atoms with Gasteiger partial charge in [-0.3, -0.25) is 9.59 Å². The number of phenolic OH excluding ortho intramolecular Hbond substituents is 1. The van der Waals surface area contributed by atoms with Crippen LogP contribution in [0.1, 0.15) is 12.5 Å². The number of phenols is 1. The van der Waals surface area contributed by atoms with Crippen LogP contribution in [0.4, 0.5) is 0 Å². The van der Waals surface area contributed by atoms with Gasteiger partial charge in [-0.15, -0.1) is 0 Å². The fourth-order valence-electron chi connectivity index (χ4n) is 1.38. The van der Waals surface area contributed by atoms with Crippen LogP contribution in [0.5, 0.6) is 5.75 Å². The molecule has 0 bridgehead atoms. The van der Waals surface area contributed by atoms with Gasteiger partial charge in [0.2, 0.25) is 11.8 Å². The third kappa shape index (κ3) is 4.22. The van der Waals surface area contributed by atoms with E-state index in [-0.39, 0.29) is 11.7 Å². The van der Waals surface area contributed by atoms with Crippen LogP contribution in [0.2, 0.25) is 0 Å². The molecule has 0 fully saturated rings. The normalized spacial score (nSPS) is 11.9. The van der Waals surface area contributed by atoms with Crippen LogP contribution < -0.4 is 11.1 Å². The van der Waals surface area contributed by atoms with Gasteiger partial charge in [-0.1, -0.05) is 6.07 Å². The van der Waals surface area contributed by atoms with Crippen molar-refractivity contribution in [3.05, 3.63) is 27.3 Å². The van der Waals surface area contributed by atoms with E-state index in [0.717, 1.165) is 5.56 Å². The molecule has 0 unspecified atom stereocenters. The summed E-state index contributed by atoms with van der Waals surface area (Å²) >= 11 is 1.99. The SMILES string of the molecule is CC(=O)N[C@H](Cc1ccc(O)c(I)c1)C(N)=O. The molecule has 0 aliphatic carbocycles. The molecule has 1 aromatic rings. The molecule has 4 N–H and O–H groups in total. The van der Waals surface area contributed by atoms with E-state index in [0.29, 0.717) is 9.99 Å². The van der Waals surface area contributed by atoms with Gasteiger partial charge < -0.3 is 16.2 Å². The molecule has 6 heteroatoms. The van der Waals surface area contributed by atoms with E-state index in [9.17, 15) is 14.7 Å². The Hall–Kier alpha value is -1.31. The van der Waals surface area contributed by atoms with Crippen molar-refractivity contribution < 1.29 is 14.7 Å². The minimum Gasteiger partial charge on any atom is -0.507 e. The quantitative estimate of drug-likeness (QED) is 0.693. The maximum absolute atomic E-state index is 11.1. The van der Waals surface area contributed by atoms with Gasteiger partial charge in [-0.05, 0) is 40.3 Å². The number of nitrogens with two attached hydrogens (primary N) is 1. The van der Waals surface area contributed by atoms with Gasteiger partial charge in [0, 0.05) is 13.3 Å². The highest BCUT2D eigenvalue weighted by Gasteiger charge is 2.17. The summed E-state index contributed by atoms with van der Waals surface area (Å²) in [5.41, 5.74) is 6.02. The lowest BCUT2D eigenvalue weighted by Crippen LogP contribution is -2.44. The Labute approximate surface area is 113 Å². The Morgan fingerprint density at radius 2 is 2.18 bits per heavy atom. The summed E-state index contributed by atoms with van der Waals surface area (Å²) in [4.78, 5) is 22.1. The number of amides is 2. The number of hydrogen-bond acceptors (Lipinski definition) is 3. The summed E-state index contributed by atoms with van der Waals surface area (Å²) in [7, 11) is 0. The van der Waals surface area contributed by atoms with E-state index in [4.69, 9.17) is 5.73 Å². The Morgan fingerprint density at radius 1 is 1.53 bits per heavy atom. The molecule has 0 saturated carbocycles. The predicted octanol–water partition coefficient (Wildman–Crippen LogP) is 0.529. The van der Waals surface area contributed by atoms with Crippen LogP contribution >= 0.6 is 22.6 Å². The summed E-state index contributed by atoms with van der Waals surface area (Å²) < 4.78 is 0.686. The van der Waals surface area contributed by atoms with Gasteiger partial charge in [0.25, 0.3) is 0 Å². The maximum atomic E-state index is 11.1. The first kappa shape index (κ1) is 13.8. The first-order chi connectivity index (χ1) is 7.90. The molecule has 0 radical (unpaired) electrons. The van der Waals surface area contributed by atoms with Crippen molar-refractivity contribution in [2.45, 2.75) is 19.4 Å². The molecule has 0 saturated heterocycles. The molecular weight excluding hydrogens is 335 g/mol. The zero-order chi connectivity index (χ0) is 13.0. The third-order valence-electron chi connectivity index (χ3n) is 2.17. The molecule has 1 atom stereocenters. The average Bonchev–Trinajstić information content (AvgIpc) is 2.21. The predicted molar refractivity (Wildman–Crippen MR) is 71.3 cm³/mol. The minimum atomic E-state index is -0.729. The Balaban J connectivity index is 2.82. The van der Waals surface area contributed by atoms with Crippen molar-refractivity contribution >= 4 is 34.4 Å². The monoisotopic (exact) mass is 348 g/mol. The molecule has 17 heavy (non-hydrogen) atoms. The van der Waals surface area contributed by atoms with Crippen molar-refractivity contribution in [2.24, 2.45) is 5.73 Å². The Bertz CT molecular complexity index is 448. The molecule has 1 aromatic carbocycles.